The molecule has 0 spiro atoms. The lowest BCUT2D eigenvalue weighted by atomic mass is 9.80. The Morgan fingerprint density at radius 2 is 1.50 bits per heavy atom. The Bertz CT molecular complexity index is 292. The van der Waals surface area contributed by atoms with Gasteiger partial charge >= 0.3 is 11.9 Å². The zero-order valence-electron chi connectivity index (χ0n) is 10.6. The van der Waals surface area contributed by atoms with E-state index in [0.717, 1.165) is 0 Å². The summed E-state index contributed by atoms with van der Waals surface area (Å²) in [5, 5.41) is 0. The van der Waals surface area contributed by atoms with E-state index in [9.17, 15) is 19.2 Å². The number of hydrogen-bond acceptors (Lipinski definition) is 6. The molecule has 102 valence electrons. The molecule has 0 rings (SSSR count). The van der Waals surface area contributed by atoms with E-state index in [1.54, 1.807) is 13.8 Å². The zero-order valence-corrected chi connectivity index (χ0v) is 10.6. The molecule has 0 bridgehead atoms. The lowest BCUT2D eigenvalue weighted by Gasteiger charge is -2.26. The van der Waals surface area contributed by atoms with Crippen LogP contribution in [0.4, 0.5) is 0 Å². The number of carbonyl (C=O) groups is 4. The molecular formula is C12H18O6. The first-order valence-corrected chi connectivity index (χ1v) is 5.80. The van der Waals surface area contributed by atoms with Crippen LogP contribution in [0.3, 0.4) is 0 Å². The minimum Gasteiger partial charge on any atom is -0.465 e. The van der Waals surface area contributed by atoms with E-state index < -0.39 is 17.4 Å². The van der Waals surface area contributed by atoms with Crippen LogP contribution in [0.5, 0.6) is 0 Å². The first-order valence-electron chi connectivity index (χ1n) is 5.80. The Morgan fingerprint density at radius 3 is 1.83 bits per heavy atom. The number of ether oxygens (including phenoxy) is 2. The van der Waals surface area contributed by atoms with E-state index >= 15 is 0 Å². The number of rotatable bonds is 9. The molecule has 0 amide bonds. The SMILES string of the molecule is CCOC(=O)C(CC=O)(CCC=O)C(=O)OCC. The van der Waals surface area contributed by atoms with Crippen LogP contribution in [0.25, 0.3) is 0 Å². The molecule has 0 N–H and O–H groups in total. The summed E-state index contributed by atoms with van der Waals surface area (Å²) in [6.07, 6.45) is 0.577. The molecule has 0 unspecified atom stereocenters. The smallest absolute Gasteiger partial charge is 0.323 e. The molecule has 0 radical (unpaired) electrons. The second-order valence-electron chi connectivity index (χ2n) is 3.60. The van der Waals surface area contributed by atoms with Gasteiger partial charge in [-0.3, -0.25) is 9.59 Å². The van der Waals surface area contributed by atoms with Crippen LogP contribution in [0.2, 0.25) is 0 Å². The zero-order chi connectivity index (χ0) is 14.0. The first kappa shape index (κ1) is 16.3. The molecule has 0 saturated heterocycles. The van der Waals surface area contributed by atoms with Gasteiger partial charge in [0, 0.05) is 12.8 Å². The maximum atomic E-state index is 11.9. The Morgan fingerprint density at radius 1 is 1.00 bits per heavy atom. The molecule has 0 aliphatic carbocycles. The van der Waals surface area contributed by atoms with E-state index in [4.69, 9.17) is 9.47 Å². The highest BCUT2D eigenvalue weighted by atomic mass is 16.6. The molecule has 6 nitrogen and oxygen atoms in total. The molecule has 0 aromatic rings. The molecule has 0 aromatic heterocycles. The first-order chi connectivity index (χ1) is 8.58. The van der Waals surface area contributed by atoms with E-state index in [1.165, 1.54) is 0 Å². The van der Waals surface area contributed by atoms with E-state index in [-0.39, 0.29) is 32.5 Å². The fraction of sp³-hybridized carbons (Fsp3) is 0.667. The summed E-state index contributed by atoms with van der Waals surface area (Å²) in [4.78, 5) is 44.9. The summed E-state index contributed by atoms with van der Waals surface area (Å²) in [7, 11) is 0. The van der Waals surface area contributed by atoms with Gasteiger partial charge in [-0.25, -0.2) is 0 Å². The minimum atomic E-state index is -1.70. The lowest BCUT2D eigenvalue weighted by molar-refractivity contribution is -0.173. The van der Waals surface area contributed by atoms with Gasteiger partial charge in [0.25, 0.3) is 0 Å². The van der Waals surface area contributed by atoms with Gasteiger partial charge in [-0.05, 0) is 20.3 Å². The van der Waals surface area contributed by atoms with Gasteiger partial charge < -0.3 is 19.1 Å². The van der Waals surface area contributed by atoms with Crippen molar-refractivity contribution in [1.82, 2.24) is 0 Å². The van der Waals surface area contributed by atoms with Gasteiger partial charge in [-0.1, -0.05) is 0 Å². The topological polar surface area (TPSA) is 86.7 Å². The molecule has 6 heteroatoms. The molecule has 0 heterocycles. The average molecular weight is 258 g/mol. The van der Waals surface area contributed by atoms with Crippen molar-refractivity contribution in [3.05, 3.63) is 0 Å². The van der Waals surface area contributed by atoms with Crippen LogP contribution in [-0.2, 0) is 28.7 Å². The monoisotopic (exact) mass is 258 g/mol. The average Bonchev–Trinajstić information content (AvgIpc) is 2.35. The third kappa shape index (κ3) is 3.94. The molecule has 0 saturated carbocycles. The minimum absolute atomic E-state index is 0.0224. The number of esters is 2. The van der Waals surface area contributed by atoms with Gasteiger partial charge in [0.15, 0.2) is 5.41 Å². The number of aldehydes is 2. The van der Waals surface area contributed by atoms with Gasteiger partial charge in [0.05, 0.1) is 13.2 Å². The molecule has 0 atom stereocenters. The Balaban J connectivity index is 5.24. The quantitative estimate of drug-likeness (QED) is 0.343. The van der Waals surface area contributed by atoms with E-state index in [1.807, 2.05) is 0 Å². The van der Waals surface area contributed by atoms with Crippen molar-refractivity contribution in [3.63, 3.8) is 0 Å². The predicted octanol–water partition coefficient (Wildman–Crippen LogP) is 0.667. The summed E-state index contributed by atoms with van der Waals surface area (Å²) in [5.74, 6) is -1.64. The largest absolute Gasteiger partial charge is 0.465 e. The van der Waals surface area contributed by atoms with Gasteiger partial charge in [-0.2, -0.15) is 0 Å². The van der Waals surface area contributed by atoms with Gasteiger partial charge in [0.2, 0.25) is 0 Å². The maximum absolute atomic E-state index is 11.9. The van der Waals surface area contributed by atoms with Crippen LogP contribution in [-0.4, -0.2) is 37.7 Å². The Labute approximate surface area is 106 Å². The van der Waals surface area contributed by atoms with Crippen LogP contribution in [0.1, 0.15) is 33.1 Å². The predicted molar refractivity (Wildman–Crippen MR) is 61.7 cm³/mol. The van der Waals surface area contributed by atoms with Gasteiger partial charge in [0.1, 0.15) is 12.6 Å². The number of carbonyl (C=O) groups excluding carboxylic acids is 4. The lowest BCUT2D eigenvalue weighted by Crippen LogP contribution is -2.42. The Kier molecular flexibility index (Phi) is 7.58. The standard InChI is InChI=1S/C12H18O6/c1-3-17-10(15)12(7-9-14,6-5-8-13)11(16)18-4-2/h8-9H,3-7H2,1-2H3. The summed E-state index contributed by atoms with van der Waals surface area (Å²) in [5.41, 5.74) is -1.70. The summed E-state index contributed by atoms with van der Waals surface area (Å²) in [6, 6.07) is 0. The van der Waals surface area contributed by atoms with E-state index in [0.29, 0.717) is 12.6 Å². The summed E-state index contributed by atoms with van der Waals surface area (Å²) in [6.45, 7) is 3.35. The maximum Gasteiger partial charge on any atom is 0.323 e. The molecule has 0 aromatic carbocycles. The highest BCUT2D eigenvalue weighted by molar-refractivity contribution is 6.02. The van der Waals surface area contributed by atoms with Crippen LogP contribution >= 0.6 is 0 Å². The van der Waals surface area contributed by atoms with E-state index in [2.05, 4.69) is 0 Å². The summed E-state index contributed by atoms with van der Waals surface area (Å²) < 4.78 is 9.62. The van der Waals surface area contributed by atoms with Crippen molar-refractivity contribution in [1.29, 1.82) is 0 Å². The fourth-order valence-electron chi connectivity index (χ4n) is 1.54. The third-order valence-electron chi connectivity index (χ3n) is 2.45. The van der Waals surface area contributed by atoms with Crippen LogP contribution < -0.4 is 0 Å². The van der Waals surface area contributed by atoms with Crippen molar-refractivity contribution in [3.8, 4) is 0 Å². The van der Waals surface area contributed by atoms with Crippen LogP contribution in [0, 0.1) is 5.41 Å². The fourth-order valence-corrected chi connectivity index (χ4v) is 1.54. The van der Waals surface area contributed by atoms with Crippen molar-refractivity contribution >= 4 is 24.5 Å². The second kappa shape index (κ2) is 8.38. The molecular weight excluding hydrogens is 240 g/mol. The van der Waals surface area contributed by atoms with Crippen LogP contribution in [0.15, 0.2) is 0 Å². The van der Waals surface area contributed by atoms with Gasteiger partial charge in [-0.15, -0.1) is 0 Å². The van der Waals surface area contributed by atoms with Crippen molar-refractivity contribution in [2.24, 2.45) is 5.41 Å². The normalized spacial score (nSPS) is 10.6. The van der Waals surface area contributed by atoms with Crippen molar-refractivity contribution in [2.75, 3.05) is 13.2 Å². The van der Waals surface area contributed by atoms with Crippen molar-refractivity contribution < 1.29 is 28.7 Å². The third-order valence-corrected chi connectivity index (χ3v) is 2.45. The number of hydrogen-bond donors (Lipinski definition) is 0. The molecule has 18 heavy (non-hydrogen) atoms. The summed E-state index contributed by atoms with van der Waals surface area (Å²) >= 11 is 0. The second-order valence-corrected chi connectivity index (χ2v) is 3.60. The molecule has 0 aliphatic heterocycles. The highest BCUT2D eigenvalue weighted by Crippen LogP contribution is 2.31. The highest BCUT2D eigenvalue weighted by Gasteiger charge is 2.48. The molecule has 0 aliphatic rings. The Hall–Kier alpha value is -1.72. The van der Waals surface area contributed by atoms with Crippen molar-refractivity contribution in [2.45, 2.75) is 33.1 Å². The molecule has 0 fully saturated rings.